The van der Waals surface area contributed by atoms with E-state index in [4.69, 9.17) is 0 Å². The molecule has 2 aromatic rings. The molecule has 1 aliphatic carbocycles. The molecule has 3 rings (SSSR count). The molecule has 19 heavy (non-hydrogen) atoms. The third-order valence-electron chi connectivity index (χ3n) is 3.36. The molecule has 98 valence electrons. The van der Waals surface area contributed by atoms with Crippen molar-refractivity contribution in [2.24, 2.45) is 0 Å². The molecule has 0 amide bonds. The van der Waals surface area contributed by atoms with E-state index in [2.05, 4.69) is 5.32 Å². The van der Waals surface area contributed by atoms with E-state index in [1.54, 1.807) is 12.1 Å². The highest BCUT2D eigenvalue weighted by Gasteiger charge is 2.20. The fraction of sp³-hybridized carbons (Fsp3) is 0.250. The molecule has 1 aliphatic rings. The lowest BCUT2D eigenvalue weighted by Crippen LogP contribution is -2.15. The SMILES string of the molecule is Fc1cccc(-c2cccc(CNC3CC3)c2)c1F. The van der Waals surface area contributed by atoms with Crippen molar-refractivity contribution in [1.29, 1.82) is 0 Å². The highest BCUT2D eigenvalue weighted by atomic mass is 19.2. The predicted molar refractivity (Wildman–Crippen MR) is 71.7 cm³/mol. The summed E-state index contributed by atoms with van der Waals surface area (Å²) in [5, 5.41) is 3.41. The Kier molecular flexibility index (Phi) is 3.30. The quantitative estimate of drug-likeness (QED) is 0.878. The highest BCUT2D eigenvalue weighted by Crippen LogP contribution is 2.25. The van der Waals surface area contributed by atoms with Crippen LogP contribution in [0.1, 0.15) is 18.4 Å². The van der Waals surface area contributed by atoms with Gasteiger partial charge in [0.25, 0.3) is 0 Å². The van der Waals surface area contributed by atoms with Crippen LogP contribution in [0.5, 0.6) is 0 Å². The van der Waals surface area contributed by atoms with Crippen molar-refractivity contribution >= 4 is 0 Å². The van der Waals surface area contributed by atoms with Crippen LogP contribution in [0, 0.1) is 11.6 Å². The fourth-order valence-electron chi connectivity index (χ4n) is 2.13. The van der Waals surface area contributed by atoms with Gasteiger partial charge in [-0.1, -0.05) is 30.3 Å². The lowest BCUT2D eigenvalue weighted by atomic mass is 10.0. The van der Waals surface area contributed by atoms with E-state index in [9.17, 15) is 8.78 Å². The highest BCUT2D eigenvalue weighted by molar-refractivity contribution is 5.64. The van der Waals surface area contributed by atoms with E-state index in [1.807, 2.05) is 18.2 Å². The lowest BCUT2D eigenvalue weighted by molar-refractivity contribution is 0.511. The van der Waals surface area contributed by atoms with Gasteiger partial charge in [0, 0.05) is 18.2 Å². The molecule has 0 bridgehead atoms. The number of nitrogens with one attached hydrogen (secondary N) is 1. The predicted octanol–water partition coefficient (Wildman–Crippen LogP) is 3.88. The Morgan fingerprint density at radius 1 is 1.05 bits per heavy atom. The topological polar surface area (TPSA) is 12.0 Å². The van der Waals surface area contributed by atoms with Crippen LogP contribution < -0.4 is 5.32 Å². The Labute approximate surface area is 111 Å². The number of hydrogen-bond acceptors (Lipinski definition) is 1. The van der Waals surface area contributed by atoms with Crippen molar-refractivity contribution in [1.82, 2.24) is 5.32 Å². The molecule has 0 atom stereocenters. The molecular formula is C16H15F2N. The van der Waals surface area contributed by atoms with E-state index in [0.717, 1.165) is 18.2 Å². The van der Waals surface area contributed by atoms with Crippen LogP contribution in [0.3, 0.4) is 0 Å². The molecule has 1 nitrogen and oxygen atoms in total. The molecule has 0 spiro atoms. The molecule has 3 heteroatoms. The minimum absolute atomic E-state index is 0.313. The van der Waals surface area contributed by atoms with Gasteiger partial charge in [-0.2, -0.15) is 0 Å². The fourth-order valence-corrected chi connectivity index (χ4v) is 2.13. The van der Waals surface area contributed by atoms with Gasteiger partial charge in [0.05, 0.1) is 0 Å². The summed E-state index contributed by atoms with van der Waals surface area (Å²) < 4.78 is 27.0. The number of halogens is 2. The molecule has 0 radical (unpaired) electrons. The summed E-state index contributed by atoms with van der Waals surface area (Å²) >= 11 is 0. The molecule has 0 aromatic heterocycles. The Morgan fingerprint density at radius 2 is 1.84 bits per heavy atom. The summed E-state index contributed by atoms with van der Waals surface area (Å²) in [6.45, 7) is 0.773. The maximum Gasteiger partial charge on any atom is 0.166 e. The normalized spacial score (nSPS) is 14.6. The standard InChI is InChI=1S/C16H15F2N/c17-15-6-2-5-14(16(15)18)12-4-1-3-11(9-12)10-19-13-7-8-13/h1-6,9,13,19H,7-8,10H2. The van der Waals surface area contributed by atoms with Gasteiger partial charge in [-0.3, -0.25) is 0 Å². The van der Waals surface area contributed by atoms with Gasteiger partial charge in [0.15, 0.2) is 11.6 Å². The summed E-state index contributed by atoms with van der Waals surface area (Å²) in [5.41, 5.74) is 2.12. The third-order valence-corrected chi connectivity index (χ3v) is 3.36. The van der Waals surface area contributed by atoms with Gasteiger partial charge in [-0.05, 0) is 36.1 Å². The van der Waals surface area contributed by atoms with E-state index >= 15 is 0 Å². The molecule has 0 saturated heterocycles. The second-order valence-electron chi connectivity index (χ2n) is 4.96. The van der Waals surface area contributed by atoms with Crippen LogP contribution in [0.25, 0.3) is 11.1 Å². The maximum absolute atomic E-state index is 13.8. The number of hydrogen-bond donors (Lipinski definition) is 1. The second kappa shape index (κ2) is 5.10. The van der Waals surface area contributed by atoms with E-state index < -0.39 is 11.6 Å². The number of rotatable bonds is 4. The summed E-state index contributed by atoms with van der Waals surface area (Å²) in [6.07, 6.45) is 2.47. The van der Waals surface area contributed by atoms with Crippen LogP contribution in [-0.2, 0) is 6.54 Å². The Bertz CT molecular complexity index is 591. The van der Waals surface area contributed by atoms with Crippen molar-refractivity contribution in [3.63, 3.8) is 0 Å². The third kappa shape index (κ3) is 2.82. The first-order valence-corrected chi connectivity index (χ1v) is 6.51. The molecule has 1 saturated carbocycles. The molecular weight excluding hydrogens is 244 g/mol. The van der Waals surface area contributed by atoms with E-state index in [-0.39, 0.29) is 0 Å². The lowest BCUT2D eigenvalue weighted by Gasteiger charge is -2.08. The monoisotopic (exact) mass is 259 g/mol. The maximum atomic E-state index is 13.8. The van der Waals surface area contributed by atoms with Gasteiger partial charge in [0.1, 0.15) is 0 Å². The second-order valence-corrected chi connectivity index (χ2v) is 4.96. The van der Waals surface area contributed by atoms with Gasteiger partial charge in [-0.25, -0.2) is 8.78 Å². The molecule has 1 fully saturated rings. The molecule has 0 aliphatic heterocycles. The largest absolute Gasteiger partial charge is 0.310 e. The first kappa shape index (κ1) is 12.3. The Hall–Kier alpha value is -1.74. The van der Waals surface area contributed by atoms with Crippen molar-refractivity contribution in [2.45, 2.75) is 25.4 Å². The van der Waals surface area contributed by atoms with E-state index in [0.29, 0.717) is 17.2 Å². The van der Waals surface area contributed by atoms with Crippen molar-refractivity contribution in [3.8, 4) is 11.1 Å². The van der Waals surface area contributed by atoms with Crippen LogP contribution in [0.15, 0.2) is 42.5 Å². The van der Waals surface area contributed by atoms with Gasteiger partial charge in [0.2, 0.25) is 0 Å². The molecule has 2 aromatic carbocycles. The van der Waals surface area contributed by atoms with E-state index in [1.165, 1.54) is 18.9 Å². The summed E-state index contributed by atoms with van der Waals surface area (Å²) in [5.74, 6) is -1.59. The first-order chi connectivity index (χ1) is 9.24. The Morgan fingerprint density at radius 3 is 2.63 bits per heavy atom. The van der Waals surface area contributed by atoms with Crippen molar-refractivity contribution in [3.05, 3.63) is 59.7 Å². The van der Waals surface area contributed by atoms with Gasteiger partial charge in [-0.15, -0.1) is 0 Å². The van der Waals surface area contributed by atoms with Crippen LogP contribution in [-0.4, -0.2) is 6.04 Å². The van der Waals surface area contributed by atoms with Crippen LogP contribution in [0.4, 0.5) is 8.78 Å². The zero-order chi connectivity index (χ0) is 13.2. The average Bonchev–Trinajstić information content (AvgIpc) is 3.24. The minimum Gasteiger partial charge on any atom is -0.310 e. The summed E-state index contributed by atoms with van der Waals surface area (Å²) in [7, 11) is 0. The molecule has 0 heterocycles. The first-order valence-electron chi connectivity index (χ1n) is 6.51. The smallest absolute Gasteiger partial charge is 0.166 e. The van der Waals surface area contributed by atoms with Crippen LogP contribution >= 0.6 is 0 Å². The molecule has 1 N–H and O–H groups in total. The minimum atomic E-state index is -0.806. The van der Waals surface area contributed by atoms with Crippen molar-refractivity contribution < 1.29 is 8.78 Å². The zero-order valence-corrected chi connectivity index (χ0v) is 10.5. The van der Waals surface area contributed by atoms with Gasteiger partial charge < -0.3 is 5.32 Å². The number of benzene rings is 2. The zero-order valence-electron chi connectivity index (χ0n) is 10.5. The average molecular weight is 259 g/mol. The summed E-state index contributed by atoms with van der Waals surface area (Å²) in [4.78, 5) is 0. The van der Waals surface area contributed by atoms with Gasteiger partial charge >= 0.3 is 0 Å². The molecule has 0 unspecified atom stereocenters. The Balaban J connectivity index is 1.86. The van der Waals surface area contributed by atoms with Crippen LogP contribution in [0.2, 0.25) is 0 Å². The summed E-state index contributed by atoms with van der Waals surface area (Å²) in [6, 6.07) is 12.5. The van der Waals surface area contributed by atoms with Crippen molar-refractivity contribution in [2.75, 3.05) is 0 Å².